The van der Waals surface area contributed by atoms with Crippen LogP contribution in [-0.2, 0) is 10.3 Å². The summed E-state index contributed by atoms with van der Waals surface area (Å²) in [5.41, 5.74) is 2.43. The zero-order valence-corrected chi connectivity index (χ0v) is 14.5. The zero-order chi connectivity index (χ0) is 18.4. The van der Waals surface area contributed by atoms with Gasteiger partial charge in [0.05, 0.1) is 17.4 Å². The molecule has 0 bridgehead atoms. The third-order valence-electron chi connectivity index (χ3n) is 4.37. The molecule has 0 radical (unpaired) electrons. The summed E-state index contributed by atoms with van der Waals surface area (Å²) in [6.07, 6.45) is 4.33. The molecule has 1 amide bonds. The van der Waals surface area contributed by atoms with Gasteiger partial charge in [-0.25, -0.2) is 4.79 Å². The fourth-order valence-corrected chi connectivity index (χ4v) is 2.45. The Morgan fingerprint density at radius 3 is 2.60 bits per heavy atom. The number of aromatic nitrogens is 2. The van der Waals surface area contributed by atoms with Crippen LogP contribution >= 0.6 is 0 Å². The number of aliphatic carboxylic acids is 1. The highest BCUT2D eigenvalue weighted by Gasteiger charge is 2.30. The molecule has 2 N–H and O–H groups in total. The molecule has 1 aromatic carbocycles. The first-order chi connectivity index (χ1) is 11.7. The van der Waals surface area contributed by atoms with Crippen molar-refractivity contribution in [3.63, 3.8) is 0 Å². The van der Waals surface area contributed by atoms with Gasteiger partial charge in [-0.3, -0.25) is 9.48 Å². The number of furan rings is 1. The predicted octanol–water partition coefficient (Wildman–Crippen LogP) is 3.32. The molecule has 2 heterocycles. The second-order valence-electron chi connectivity index (χ2n) is 6.57. The Morgan fingerprint density at radius 2 is 1.92 bits per heavy atom. The first-order valence-electron chi connectivity index (χ1n) is 7.78. The van der Waals surface area contributed by atoms with Crippen molar-refractivity contribution in [2.24, 2.45) is 0 Å². The molecule has 0 saturated heterocycles. The van der Waals surface area contributed by atoms with Crippen molar-refractivity contribution in [3.05, 3.63) is 47.5 Å². The van der Waals surface area contributed by atoms with Crippen LogP contribution in [0, 0.1) is 13.8 Å². The number of benzene rings is 1. The Hall–Kier alpha value is -3.09. The van der Waals surface area contributed by atoms with E-state index >= 15 is 0 Å². The Morgan fingerprint density at radius 1 is 1.24 bits per heavy atom. The molecular formula is C18H19N3O4. The number of carboxylic acids is 1. The number of carbonyl (C=O) groups is 2. The lowest BCUT2D eigenvalue weighted by Crippen LogP contribution is -2.35. The van der Waals surface area contributed by atoms with Gasteiger partial charge >= 0.3 is 5.97 Å². The lowest BCUT2D eigenvalue weighted by Gasteiger charge is -2.19. The summed E-state index contributed by atoms with van der Waals surface area (Å²) in [5.74, 6) is -1.35. The van der Waals surface area contributed by atoms with Gasteiger partial charge in [-0.2, -0.15) is 5.10 Å². The maximum atomic E-state index is 12.6. The fraction of sp³-hybridized carbons (Fsp3) is 0.278. The first-order valence-corrected chi connectivity index (χ1v) is 7.78. The third kappa shape index (κ3) is 2.88. The second-order valence-corrected chi connectivity index (χ2v) is 6.57. The van der Waals surface area contributed by atoms with Gasteiger partial charge in [-0.15, -0.1) is 0 Å². The van der Waals surface area contributed by atoms with Crippen LogP contribution in [0.4, 0.5) is 5.69 Å². The molecule has 0 unspecified atom stereocenters. The van der Waals surface area contributed by atoms with Gasteiger partial charge in [0, 0.05) is 11.6 Å². The van der Waals surface area contributed by atoms with Crippen molar-refractivity contribution in [1.82, 2.24) is 9.78 Å². The van der Waals surface area contributed by atoms with Crippen LogP contribution < -0.4 is 5.32 Å². The normalized spacial score (nSPS) is 11.7. The number of fused-ring (bicyclic) bond motifs is 1. The maximum Gasteiger partial charge on any atom is 0.331 e. The number of hydrogen-bond acceptors (Lipinski definition) is 4. The zero-order valence-electron chi connectivity index (χ0n) is 14.5. The molecule has 3 rings (SSSR count). The minimum atomic E-state index is -1.21. The number of hydrogen-bond donors (Lipinski definition) is 2. The van der Waals surface area contributed by atoms with Gasteiger partial charge < -0.3 is 14.8 Å². The van der Waals surface area contributed by atoms with E-state index in [1.807, 2.05) is 26.0 Å². The van der Waals surface area contributed by atoms with E-state index in [9.17, 15) is 14.7 Å². The van der Waals surface area contributed by atoms with Crippen LogP contribution in [0.15, 0.2) is 35.2 Å². The van der Waals surface area contributed by atoms with E-state index in [1.165, 1.54) is 37.2 Å². The van der Waals surface area contributed by atoms with Crippen molar-refractivity contribution in [2.75, 3.05) is 5.32 Å². The van der Waals surface area contributed by atoms with Crippen LogP contribution in [0.3, 0.4) is 0 Å². The highest BCUT2D eigenvalue weighted by atomic mass is 16.4. The smallest absolute Gasteiger partial charge is 0.331 e. The fourth-order valence-electron chi connectivity index (χ4n) is 2.45. The molecule has 130 valence electrons. The highest BCUT2D eigenvalue weighted by Crippen LogP contribution is 2.26. The molecule has 7 nitrogen and oxygen atoms in total. The van der Waals surface area contributed by atoms with E-state index < -0.39 is 11.5 Å². The average molecular weight is 341 g/mol. The lowest BCUT2D eigenvalue weighted by molar-refractivity contribution is -0.146. The number of carboxylic acid groups (broad SMARTS) is 1. The van der Waals surface area contributed by atoms with Crippen LogP contribution in [0.2, 0.25) is 0 Å². The summed E-state index contributed by atoms with van der Waals surface area (Å²) < 4.78 is 6.77. The molecule has 0 aliphatic carbocycles. The first kappa shape index (κ1) is 16.8. The molecule has 2 aromatic heterocycles. The summed E-state index contributed by atoms with van der Waals surface area (Å²) in [5, 5.41) is 16.7. The van der Waals surface area contributed by atoms with Gasteiger partial charge in [0.1, 0.15) is 11.8 Å². The molecule has 0 aliphatic heterocycles. The molecule has 0 saturated carbocycles. The van der Waals surface area contributed by atoms with Crippen molar-refractivity contribution >= 4 is 28.5 Å². The summed E-state index contributed by atoms with van der Waals surface area (Å²) in [4.78, 5) is 23.8. The Balaban J connectivity index is 1.88. The summed E-state index contributed by atoms with van der Waals surface area (Å²) in [7, 11) is 0. The molecular weight excluding hydrogens is 322 g/mol. The topological polar surface area (TPSA) is 97.4 Å². The Bertz CT molecular complexity index is 982. The number of aryl methyl sites for hydroxylation is 2. The van der Waals surface area contributed by atoms with Gasteiger partial charge in [0.15, 0.2) is 5.54 Å². The van der Waals surface area contributed by atoms with E-state index in [-0.39, 0.29) is 5.91 Å². The van der Waals surface area contributed by atoms with Crippen LogP contribution in [0.25, 0.3) is 11.0 Å². The monoisotopic (exact) mass is 341 g/mol. The molecule has 0 aliphatic rings. The van der Waals surface area contributed by atoms with Gasteiger partial charge in [-0.1, -0.05) is 0 Å². The summed E-state index contributed by atoms with van der Waals surface area (Å²) >= 11 is 0. The van der Waals surface area contributed by atoms with E-state index in [2.05, 4.69) is 10.4 Å². The minimum Gasteiger partial charge on any atom is -0.479 e. The van der Waals surface area contributed by atoms with Crippen molar-refractivity contribution in [3.8, 4) is 0 Å². The Labute approximate surface area is 144 Å². The molecule has 3 aromatic rings. The molecule has 0 spiro atoms. The average Bonchev–Trinajstić information content (AvgIpc) is 3.15. The van der Waals surface area contributed by atoms with Crippen LogP contribution in [-0.4, -0.2) is 26.8 Å². The van der Waals surface area contributed by atoms with E-state index in [0.717, 1.165) is 16.5 Å². The quantitative estimate of drug-likeness (QED) is 0.759. The Kier molecular flexibility index (Phi) is 3.87. The van der Waals surface area contributed by atoms with Gasteiger partial charge in [0.2, 0.25) is 0 Å². The van der Waals surface area contributed by atoms with Crippen LogP contribution in [0.1, 0.15) is 35.3 Å². The molecule has 7 heteroatoms. The highest BCUT2D eigenvalue weighted by molar-refractivity contribution is 6.12. The number of carbonyl (C=O) groups excluding carboxylic acids is 1. The van der Waals surface area contributed by atoms with Crippen molar-refractivity contribution < 1.29 is 19.1 Å². The SMILES string of the molecule is Cc1cc2occ(C(=O)Nc3cnn(C(C)(C)C(=O)O)c3)c2cc1C. The minimum absolute atomic E-state index is 0.338. The van der Waals surface area contributed by atoms with Gasteiger partial charge in [0.25, 0.3) is 5.91 Å². The lowest BCUT2D eigenvalue weighted by atomic mass is 10.1. The number of rotatable bonds is 4. The third-order valence-corrected chi connectivity index (χ3v) is 4.37. The van der Waals surface area contributed by atoms with Crippen molar-refractivity contribution in [1.29, 1.82) is 0 Å². The van der Waals surface area contributed by atoms with Gasteiger partial charge in [-0.05, 0) is 51.0 Å². The standard InChI is InChI=1S/C18H19N3O4/c1-10-5-13-14(9-25-15(13)6-11(10)2)16(22)20-12-7-19-21(8-12)18(3,4)17(23)24/h5-9H,1-4H3,(H,20,22)(H,23,24). The molecule has 0 atom stereocenters. The molecule has 25 heavy (non-hydrogen) atoms. The number of anilines is 1. The summed E-state index contributed by atoms with van der Waals surface area (Å²) in [6, 6.07) is 3.81. The number of amides is 1. The van der Waals surface area contributed by atoms with E-state index in [1.54, 1.807) is 0 Å². The second kappa shape index (κ2) is 5.77. The predicted molar refractivity (Wildman–Crippen MR) is 92.8 cm³/mol. The number of nitrogens with one attached hydrogen (secondary N) is 1. The summed E-state index contributed by atoms with van der Waals surface area (Å²) in [6.45, 7) is 7.02. The largest absolute Gasteiger partial charge is 0.479 e. The van der Waals surface area contributed by atoms with Crippen LogP contribution in [0.5, 0.6) is 0 Å². The van der Waals surface area contributed by atoms with E-state index in [4.69, 9.17) is 4.42 Å². The number of nitrogens with zero attached hydrogens (tertiary/aromatic N) is 2. The van der Waals surface area contributed by atoms with E-state index in [0.29, 0.717) is 16.8 Å². The van der Waals surface area contributed by atoms with Crippen molar-refractivity contribution in [2.45, 2.75) is 33.2 Å². The molecule has 0 fully saturated rings. The maximum absolute atomic E-state index is 12.6.